The van der Waals surface area contributed by atoms with Crippen molar-refractivity contribution in [3.8, 4) is 5.75 Å². The first kappa shape index (κ1) is 17.1. The lowest BCUT2D eigenvalue weighted by Crippen LogP contribution is -2.56. The Labute approximate surface area is 141 Å². The van der Waals surface area contributed by atoms with E-state index < -0.39 is 11.5 Å². The molecular formula is C15H18BrNO4S. The maximum atomic E-state index is 12.3. The predicted octanol–water partition coefficient (Wildman–Crippen LogP) is 2.47. The quantitative estimate of drug-likeness (QED) is 0.811. The molecule has 1 aromatic rings. The number of carboxylic acid groups (broad SMARTS) is 1. The van der Waals surface area contributed by atoms with E-state index in [4.69, 9.17) is 4.74 Å². The van der Waals surface area contributed by atoms with Crippen molar-refractivity contribution in [2.75, 3.05) is 18.6 Å². The summed E-state index contributed by atoms with van der Waals surface area (Å²) >= 11 is 5.11. The van der Waals surface area contributed by atoms with Gasteiger partial charge in [-0.2, -0.15) is 11.8 Å². The van der Waals surface area contributed by atoms with Crippen LogP contribution < -0.4 is 10.1 Å². The minimum absolute atomic E-state index is 0.111. The van der Waals surface area contributed by atoms with Gasteiger partial charge in [0, 0.05) is 4.47 Å². The molecule has 0 bridgehead atoms. The van der Waals surface area contributed by atoms with Gasteiger partial charge < -0.3 is 15.2 Å². The molecule has 2 N–H and O–H groups in total. The Kier molecular flexibility index (Phi) is 5.74. The number of carbonyl (C=O) groups is 2. The summed E-state index contributed by atoms with van der Waals surface area (Å²) in [6.07, 6.45) is 1.02. The van der Waals surface area contributed by atoms with Gasteiger partial charge in [-0.3, -0.25) is 4.79 Å². The zero-order valence-corrected chi connectivity index (χ0v) is 14.6. The number of hydrogen-bond acceptors (Lipinski definition) is 4. The molecule has 120 valence electrons. The van der Waals surface area contributed by atoms with E-state index in [1.165, 1.54) is 0 Å². The lowest BCUT2D eigenvalue weighted by atomic mass is 9.92. The number of rotatable bonds is 5. The van der Waals surface area contributed by atoms with Crippen molar-refractivity contribution in [1.29, 1.82) is 0 Å². The van der Waals surface area contributed by atoms with Crippen LogP contribution in [0.2, 0.25) is 0 Å². The number of thioether (sulfide) groups is 1. The molecule has 1 aliphatic rings. The Hall–Kier alpha value is -1.21. The predicted molar refractivity (Wildman–Crippen MR) is 89.5 cm³/mol. The zero-order chi connectivity index (χ0) is 16.2. The van der Waals surface area contributed by atoms with Crippen LogP contribution in [0.25, 0.3) is 0 Å². The standard InChI is InChI=1S/C15H18BrNO4S/c1-21-11-2-3-12(16)10(8-11)9-13(18)17-15(14(19)20)4-6-22-7-5-15/h2-3,8H,4-7,9H2,1H3,(H,17,18)(H,19,20). The fourth-order valence-corrected chi connectivity index (χ4v) is 3.99. The molecule has 1 aromatic carbocycles. The Bertz CT molecular complexity index is 573. The highest BCUT2D eigenvalue weighted by molar-refractivity contribution is 9.10. The number of nitrogens with one attached hydrogen (secondary N) is 1. The summed E-state index contributed by atoms with van der Waals surface area (Å²) < 4.78 is 5.95. The van der Waals surface area contributed by atoms with Crippen molar-refractivity contribution in [3.63, 3.8) is 0 Å². The van der Waals surface area contributed by atoms with Crippen LogP contribution in [0.4, 0.5) is 0 Å². The number of methoxy groups -OCH3 is 1. The third-order valence-electron chi connectivity index (χ3n) is 3.74. The topological polar surface area (TPSA) is 75.6 Å². The highest BCUT2D eigenvalue weighted by Gasteiger charge is 2.41. The van der Waals surface area contributed by atoms with Gasteiger partial charge in [-0.05, 0) is 48.1 Å². The second-order valence-electron chi connectivity index (χ2n) is 5.18. The third kappa shape index (κ3) is 3.95. The summed E-state index contributed by atoms with van der Waals surface area (Å²) in [5.74, 6) is 0.910. The molecule has 0 spiro atoms. The van der Waals surface area contributed by atoms with Crippen molar-refractivity contribution in [2.45, 2.75) is 24.8 Å². The van der Waals surface area contributed by atoms with E-state index in [1.807, 2.05) is 6.07 Å². The molecule has 1 heterocycles. The van der Waals surface area contributed by atoms with Gasteiger partial charge in [0.1, 0.15) is 11.3 Å². The van der Waals surface area contributed by atoms with Crippen LogP contribution in [0.3, 0.4) is 0 Å². The van der Waals surface area contributed by atoms with Crippen LogP contribution in [0.15, 0.2) is 22.7 Å². The van der Waals surface area contributed by atoms with Crippen molar-refractivity contribution in [2.24, 2.45) is 0 Å². The number of benzene rings is 1. The summed E-state index contributed by atoms with van der Waals surface area (Å²) in [6.45, 7) is 0. The minimum Gasteiger partial charge on any atom is -0.497 e. The molecule has 0 radical (unpaired) electrons. The molecule has 1 aliphatic heterocycles. The fourth-order valence-electron chi connectivity index (χ4n) is 2.41. The Balaban J connectivity index is 2.10. The molecule has 1 fully saturated rings. The van der Waals surface area contributed by atoms with E-state index >= 15 is 0 Å². The van der Waals surface area contributed by atoms with Crippen molar-refractivity contribution in [1.82, 2.24) is 5.32 Å². The van der Waals surface area contributed by atoms with Gasteiger partial charge in [0.15, 0.2) is 0 Å². The fraction of sp³-hybridized carbons (Fsp3) is 0.467. The SMILES string of the molecule is COc1ccc(Br)c(CC(=O)NC2(C(=O)O)CCSCC2)c1. The molecule has 1 amide bonds. The lowest BCUT2D eigenvalue weighted by molar-refractivity contribution is -0.148. The normalized spacial score (nSPS) is 16.8. The monoisotopic (exact) mass is 387 g/mol. The van der Waals surface area contributed by atoms with Gasteiger partial charge in [-0.25, -0.2) is 4.79 Å². The van der Waals surface area contributed by atoms with Gasteiger partial charge in [0.25, 0.3) is 0 Å². The summed E-state index contributed by atoms with van der Waals surface area (Å²) in [4.78, 5) is 23.9. The third-order valence-corrected chi connectivity index (χ3v) is 5.50. The molecule has 0 atom stereocenters. The van der Waals surface area contributed by atoms with Gasteiger partial charge in [-0.1, -0.05) is 15.9 Å². The van der Waals surface area contributed by atoms with Crippen LogP contribution in [0.1, 0.15) is 18.4 Å². The summed E-state index contributed by atoms with van der Waals surface area (Å²) in [6, 6.07) is 5.38. The molecule has 0 unspecified atom stereocenters. The van der Waals surface area contributed by atoms with Crippen LogP contribution in [0.5, 0.6) is 5.75 Å². The van der Waals surface area contributed by atoms with Gasteiger partial charge in [0.05, 0.1) is 13.5 Å². The van der Waals surface area contributed by atoms with Gasteiger partial charge >= 0.3 is 5.97 Å². The van der Waals surface area contributed by atoms with E-state index in [0.717, 1.165) is 21.5 Å². The first-order valence-electron chi connectivity index (χ1n) is 6.91. The largest absolute Gasteiger partial charge is 0.497 e. The molecule has 22 heavy (non-hydrogen) atoms. The highest BCUT2D eigenvalue weighted by atomic mass is 79.9. The summed E-state index contributed by atoms with van der Waals surface area (Å²) in [5.41, 5.74) is -0.365. The molecular weight excluding hydrogens is 370 g/mol. The number of aliphatic carboxylic acids is 1. The van der Waals surface area contributed by atoms with Crippen LogP contribution in [0, 0.1) is 0 Å². The van der Waals surface area contributed by atoms with E-state index in [0.29, 0.717) is 18.6 Å². The van der Waals surface area contributed by atoms with E-state index in [2.05, 4.69) is 21.2 Å². The number of ether oxygens (including phenoxy) is 1. The molecule has 5 nitrogen and oxygen atoms in total. The van der Waals surface area contributed by atoms with Crippen molar-refractivity contribution < 1.29 is 19.4 Å². The molecule has 1 saturated heterocycles. The van der Waals surface area contributed by atoms with E-state index in [1.54, 1.807) is 31.0 Å². The average Bonchev–Trinajstić information content (AvgIpc) is 2.50. The Morgan fingerprint density at radius 2 is 2.09 bits per heavy atom. The smallest absolute Gasteiger partial charge is 0.329 e. The second kappa shape index (κ2) is 7.37. The number of hydrogen-bond donors (Lipinski definition) is 2. The molecule has 0 aromatic heterocycles. The number of amides is 1. The van der Waals surface area contributed by atoms with Gasteiger partial charge in [0.2, 0.25) is 5.91 Å². The number of halogens is 1. The lowest BCUT2D eigenvalue weighted by Gasteiger charge is -2.33. The first-order valence-corrected chi connectivity index (χ1v) is 8.86. The van der Waals surface area contributed by atoms with Crippen LogP contribution >= 0.6 is 27.7 Å². The van der Waals surface area contributed by atoms with E-state index in [-0.39, 0.29) is 12.3 Å². The van der Waals surface area contributed by atoms with E-state index in [9.17, 15) is 14.7 Å². The maximum absolute atomic E-state index is 12.3. The minimum atomic E-state index is -1.13. The molecule has 7 heteroatoms. The number of carbonyl (C=O) groups excluding carboxylic acids is 1. The molecule has 0 saturated carbocycles. The van der Waals surface area contributed by atoms with Crippen molar-refractivity contribution in [3.05, 3.63) is 28.2 Å². The second-order valence-corrected chi connectivity index (χ2v) is 7.26. The number of carboxylic acids is 1. The van der Waals surface area contributed by atoms with Crippen LogP contribution in [-0.4, -0.2) is 41.1 Å². The summed E-state index contributed by atoms with van der Waals surface area (Å²) in [7, 11) is 1.56. The zero-order valence-electron chi connectivity index (χ0n) is 12.2. The molecule has 2 rings (SSSR count). The maximum Gasteiger partial charge on any atom is 0.329 e. The average molecular weight is 388 g/mol. The highest BCUT2D eigenvalue weighted by Crippen LogP contribution is 2.28. The summed E-state index contributed by atoms with van der Waals surface area (Å²) in [5, 5.41) is 12.2. The Morgan fingerprint density at radius 1 is 1.41 bits per heavy atom. The van der Waals surface area contributed by atoms with Crippen LogP contribution in [-0.2, 0) is 16.0 Å². The van der Waals surface area contributed by atoms with Gasteiger partial charge in [-0.15, -0.1) is 0 Å². The van der Waals surface area contributed by atoms with Crippen molar-refractivity contribution >= 4 is 39.6 Å². The Morgan fingerprint density at radius 3 is 2.68 bits per heavy atom. The first-order chi connectivity index (χ1) is 10.5. The molecule has 0 aliphatic carbocycles.